The molecule has 0 bridgehead atoms. The zero-order valence-corrected chi connectivity index (χ0v) is 21.4. The van der Waals surface area contributed by atoms with Crippen molar-refractivity contribution in [2.24, 2.45) is 0 Å². The van der Waals surface area contributed by atoms with E-state index in [9.17, 15) is 9.59 Å². The van der Waals surface area contributed by atoms with Crippen molar-refractivity contribution in [1.82, 2.24) is 5.16 Å². The third kappa shape index (κ3) is 6.25. The zero-order valence-electron chi connectivity index (χ0n) is 21.4. The number of carbonyl (C=O) groups is 2. The molecule has 0 saturated heterocycles. The average Bonchev–Trinajstić information content (AvgIpc) is 3.35. The third-order valence-corrected chi connectivity index (χ3v) is 5.83. The van der Waals surface area contributed by atoms with Gasteiger partial charge in [0, 0.05) is 31.5 Å². The van der Waals surface area contributed by atoms with E-state index in [4.69, 9.17) is 14.0 Å². The Balaban J connectivity index is 1.74. The fourth-order valence-electron chi connectivity index (χ4n) is 3.97. The number of aromatic nitrogens is 1. The van der Waals surface area contributed by atoms with Crippen LogP contribution in [0, 0.1) is 0 Å². The number of benzene rings is 3. The second-order valence-electron chi connectivity index (χ2n) is 9.01. The maximum absolute atomic E-state index is 12.0. The predicted octanol–water partition coefficient (Wildman–Crippen LogP) is 6.52. The normalized spacial score (nSPS) is 10.8. The standard InChI is InChI=1S/C30H30N2O5/c1-20(2)25-15-26(27-16-30(37-31-27)32(21(3)33)22(4)34)29(36-19-24-13-9-6-10-14-24)17-28(25)35-18-23-11-7-5-8-12-23/h5-17,20H,18-19H2,1-4H3. The Morgan fingerprint density at radius 1 is 0.811 bits per heavy atom. The Kier molecular flexibility index (Phi) is 8.03. The minimum atomic E-state index is -0.455. The molecule has 0 radical (unpaired) electrons. The van der Waals surface area contributed by atoms with Gasteiger partial charge in [-0.2, -0.15) is 0 Å². The van der Waals surface area contributed by atoms with E-state index >= 15 is 0 Å². The molecule has 7 heteroatoms. The number of hydrogen-bond acceptors (Lipinski definition) is 6. The molecule has 0 saturated carbocycles. The fourth-order valence-corrected chi connectivity index (χ4v) is 3.97. The molecule has 0 aliphatic heterocycles. The number of imide groups is 1. The molecule has 4 rings (SSSR count). The molecule has 0 unspecified atom stereocenters. The van der Waals surface area contributed by atoms with E-state index in [0.29, 0.717) is 36.0 Å². The topological polar surface area (TPSA) is 81.9 Å². The molecule has 0 N–H and O–H groups in total. The SMILES string of the molecule is CC(=O)N(C(C)=O)c1cc(-c2cc(C(C)C)c(OCc3ccccc3)cc2OCc2ccccc2)no1. The maximum Gasteiger partial charge on any atom is 0.241 e. The summed E-state index contributed by atoms with van der Waals surface area (Å²) in [5.74, 6) is 0.549. The lowest BCUT2D eigenvalue weighted by atomic mass is 9.97. The van der Waals surface area contributed by atoms with Crippen molar-refractivity contribution >= 4 is 17.7 Å². The summed E-state index contributed by atoms with van der Waals surface area (Å²) >= 11 is 0. The molecule has 3 aromatic carbocycles. The van der Waals surface area contributed by atoms with Crippen LogP contribution in [-0.2, 0) is 22.8 Å². The van der Waals surface area contributed by atoms with Crippen molar-refractivity contribution < 1.29 is 23.6 Å². The van der Waals surface area contributed by atoms with Gasteiger partial charge in [-0.05, 0) is 28.7 Å². The van der Waals surface area contributed by atoms with Gasteiger partial charge < -0.3 is 14.0 Å². The summed E-state index contributed by atoms with van der Waals surface area (Å²) in [7, 11) is 0. The average molecular weight is 499 g/mol. The van der Waals surface area contributed by atoms with Gasteiger partial charge in [-0.1, -0.05) is 79.7 Å². The second-order valence-corrected chi connectivity index (χ2v) is 9.01. The van der Waals surface area contributed by atoms with Crippen LogP contribution in [0.4, 0.5) is 5.88 Å². The summed E-state index contributed by atoms with van der Waals surface area (Å²) in [5.41, 5.74) is 4.16. The molecular formula is C30H30N2O5. The molecule has 1 aromatic heterocycles. The van der Waals surface area contributed by atoms with Gasteiger partial charge in [-0.3, -0.25) is 9.59 Å². The smallest absolute Gasteiger partial charge is 0.241 e. The van der Waals surface area contributed by atoms with Gasteiger partial charge in [-0.25, -0.2) is 4.90 Å². The predicted molar refractivity (Wildman–Crippen MR) is 141 cm³/mol. The van der Waals surface area contributed by atoms with Crippen molar-refractivity contribution in [2.45, 2.75) is 46.8 Å². The largest absolute Gasteiger partial charge is 0.488 e. The number of ether oxygens (including phenoxy) is 2. The van der Waals surface area contributed by atoms with Crippen molar-refractivity contribution in [1.29, 1.82) is 0 Å². The quantitative estimate of drug-likeness (QED) is 0.261. The number of rotatable bonds is 9. The van der Waals surface area contributed by atoms with Gasteiger partial charge >= 0.3 is 0 Å². The van der Waals surface area contributed by atoms with Crippen LogP contribution in [0.5, 0.6) is 11.5 Å². The van der Waals surface area contributed by atoms with Crippen LogP contribution in [0.3, 0.4) is 0 Å². The van der Waals surface area contributed by atoms with Crippen LogP contribution in [0.15, 0.2) is 83.4 Å². The van der Waals surface area contributed by atoms with E-state index in [1.807, 2.05) is 72.8 Å². The van der Waals surface area contributed by atoms with E-state index in [1.165, 1.54) is 13.8 Å². The van der Waals surface area contributed by atoms with Gasteiger partial charge in [0.1, 0.15) is 30.4 Å². The first-order chi connectivity index (χ1) is 17.8. The molecule has 0 spiro atoms. The first-order valence-electron chi connectivity index (χ1n) is 12.1. The van der Waals surface area contributed by atoms with Gasteiger partial charge in [0.25, 0.3) is 0 Å². The Labute approximate surface area is 216 Å². The monoisotopic (exact) mass is 498 g/mol. The number of nitrogens with zero attached hydrogens (tertiary/aromatic N) is 2. The maximum atomic E-state index is 12.0. The molecule has 4 aromatic rings. The molecule has 0 aliphatic carbocycles. The number of amides is 2. The summed E-state index contributed by atoms with van der Waals surface area (Å²) in [6.07, 6.45) is 0. The van der Waals surface area contributed by atoms with Gasteiger partial charge in [0.05, 0.1) is 0 Å². The van der Waals surface area contributed by atoms with E-state index in [2.05, 4.69) is 19.0 Å². The minimum absolute atomic E-state index is 0.0551. The van der Waals surface area contributed by atoms with Crippen LogP contribution in [0.2, 0.25) is 0 Å². The highest BCUT2D eigenvalue weighted by atomic mass is 16.5. The van der Waals surface area contributed by atoms with E-state index in [1.54, 1.807) is 6.07 Å². The van der Waals surface area contributed by atoms with Gasteiger partial charge in [0.2, 0.25) is 17.7 Å². The van der Waals surface area contributed by atoms with Gasteiger partial charge in [0.15, 0.2) is 0 Å². The lowest BCUT2D eigenvalue weighted by Crippen LogP contribution is -2.32. The van der Waals surface area contributed by atoms with Crippen LogP contribution < -0.4 is 14.4 Å². The molecule has 0 aliphatic rings. The van der Waals surface area contributed by atoms with Crippen LogP contribution in [-0.4, -0.2) is 17.0 Å². The zero-order chi connectivity index (χ0) is 26.4. The summed E-state index contributed by atoms with van der Waals surface area (Å²) in [6, 6.07) is 25.2. The first kappa shape index (κ1) is 25.7. The van der Waals surface area contributed by atoms with Crippen molar-refractivity contribution in [3.8, 4) is 22.8 Å². The van der Waals surface area contributed by atoms with Crippen molar-refractivity contribution in [3.05, 3.63) is 95.6 Å². The minimum Gasteiger partial charge on any atom is -0.488 e. The molecular weight excluding hydrogens is 468 g/mol. The third-order valence-electron chi connectivity index (χ3n) is 5.83. The highest BCUT2D eigenvalue weighted by Gasteiger charge is 2.24. The Bertz CT molecular complexity index is 1350. The summed E-state index contributed by atoms with van der Waals surface area (Å²) in [4.78, 5) is 25.0. The molecule has 7 nitrogen and oxygen atoms in total. The molecule has 190 valence electrons. The summed E-state index contributed by atoms with van der Waals surface area (Å²) in [6.45, 7) is 7.52. The fraction of sp³-hybridized carbons (Fsp3) is 0.233. The van der Waals surface area contributed by atoms with E-state index in [-0.39, 0.29) is 11.8 Å². The number of carbonyl (C=O) groups excluding carboxylic acids is 2. The molecule has 37 heavy (non-hydrogen) atoms. The van der Waals surface area contributed by atoms with Crippen LogP contribution in [0.25, 0.3) is 11.3 Å². The Hall–Kier alpha value is -4.39. The Morgan fingerprint density at radius 2 is 1.35 bits per heavy atom. The number of anilines is 1. The molecule has 2 amide bonds. The van der Waals surface area contributed by atoms with E-state index in [0.717, 1.165) is 21.6 Å². The van der Waals surface area contributed by atoms with E-state index < -0.39 is 11.8 Å². The van der Waals surface area contributed by atoms with Crippen molar-refractivity contribution in [3.63, 3.8) is 0 Å². The molecule has 0 atom stereocenters. The lowest BCUT2D eigenvalue weighted by molar-refractivity contribution is -0.124. The number of hydrogen-bond donors (Lipinski definition) is 0. The van der Waals surface area contributed by atoms with Crippen LogP contribution >= 0.6 is 0 Å². The van der Waals surface area contributed by atoms with Gasteiger partial charge in [-0.15, -0.1) is 0 Å². The lowest BCUT2D eigenvalue weighted by Gasteiger charge is -2.19. The Morgan fingerprint density at radius 3 is 1.86 bits per heavy atom. The summed E-state index contributed by atoms with van der Waals surface area (Å²) < 4.78 is 17.9. The molecule has 1 heterocycles. The summed E-state index contributed by atoms with van der Waals surface area (Å²) in [5, 5.41) is 4.17. The first-order valence-corrected chi connectivity index (χ1v) is 12.1. The van der Waals surface area contributed by atoms with Crippen molar-refractivity contribution in [2.75, 3.05) is 4.90 Å². The molecule has 0 fully saturated rings. The second kappa shape index (κ2) is 11.6. The van der Waals surface area contributed by atoms with Crippen LogP contribution in [0.1, 0.15) is 50.3 Å². The highest BCUT2D eigenvalue weighted by Crippen LogP contribution is 2.40. The highest BCUT2D eigenvalue weighted by molar-refractivity contribution is 6.12.